The molecule has 2 unspecified atom stereocenters. The van der Waals surface area contributed by atoms with Gasteiger partial charge in [-0.2, -0.15) is 5.10 Å². The summed E-state index contributed by atoms with van der Waals surface area (Å²) in [7, 11) is 0. The number of piperazine rings is 1. The van der Waals surface area contributed by atoms with Crippen LogP contribution < -0.4 is 10.9 Å². The molecule has 3 amide bonds. The lowest BCUT2D eigenvalue weighted by atomic mass is 9.56. The lowest BCUT2D eigenvalue weighted by molar-refractivity contribution is -0.187. The molecule has 1 aromatic heterocycles. The van der Waals surface area contributed by atoms with Crippen molar-refractivity contribution in [3.05, 3.63) is 75.5 Å². The van der Waals surface area contributed by atoms with Gasteiger partial charge in [0.05, 0.1) is 60.1 Å². The van der Waals surface area contributed by atoms with Crippen molar-refractivity contribution in [1.82, 2.24) is 25.3 Å². The number of carboxylic acids is 3. The monoisotopic (exact) mass is 725 g/mol. The predicted molar refractivity (Wildman–Crippen MR) is 176 cm³/mol. The van der Waals surface area contributed by atoms with Gasteiger partial charge in [0, 0.05) is 44.5 Å². The van der Waals surface area contributed by atoms with Crippen molar-refractivity contribution in [2.45, 2.75) is 6.42 Å². The fraction of sp³-hybridized carbons (Fsp3) is 0.412. The average molecular weight is 726 g/mol. The number of rotatable bonds is 15. The number of halogens is 1. The van der Waals surface area contributed by atoms with Gasteiger partial charge in [-0.15, -0.1) is 0 Å². The first-order valence-electron chi connectivity index (χ1n) is 16.3. The molecule has 52 heavy (non-hydrogen) atoms. The van der Waals surface area contributed by atoms with E-state index in [9.17, 15) is 53.3 Å². The van der Waals surface area contributed by atoms with E-state index < -0.39 is 59.2 Å². The van der Waals surface area contributed by atoms with Crippen molar-refractivity contribution >= 4 is 46.4 Å². The van der Waals surface area contributed by atoms with Gasteiger partial charge in [-0.25, -0.2) is 9.49 Å². The number of carboxylic acid groups (broad SMARTS) is 3. The number of carbonyl (C=O) groups excluding carboxylic acids is 3. The Hall–Kier alpha value is -5.75. The molecule has 3 aromatic rings. The summed E-state index contributed by atoms with van der Waals surface area (Å²) < 4.78 is 25.5. The van der Waals surface area contributed by atoms with Crippen molar-refractivity contribution < 1.29 is 58.0 Å². The van der Waals surface area contributed by atoms with E-state index >= 15 is 0 Å². The molecule has 2 heterocycles. The summed E-state index contributed by atoms with van der Waals surface area (Å²) in [5, 5.41) is 37.9. The van der Waals surface area contributed by atoms with E-state index in [0.29, 0.717) is 22.0 Å². The zero-order valence-electron chi connectivity index (χ0n) is 27.7. The van der Waals surface area contributed by atoms with Gasteiger partial charge in [-0.1, -0.05) is 24.3 Å². The number of aromatic amines is 1. The highest BCUT2D eigenvalue weighted by Gasteiger charge is 2.64. The lowest BCUT2D eigenvalue weighted by Crippen LogP contribution is -2.62. The smallest absolute Gasteiger partial charge is 0.308 e. The Labute approximate surface area is 294 Å². The Morgan fingerprint density at radius 2 is 1.40 bits per heavy atom. The van der Waals surface area contributed by atoms with Gasteiger partial charge < -0.3 is 39.9 Å². The van der Waals surface area contributed by atoms with Gasteiger partial charge in [-0.05, 0) is 23.8 Å². The van der Waals surface area contributed by atoms with E-state index in [1.165, 1.54) is 21.9 Å². The van der Waals surface area contributed by atoms with Crippen molar-refractivity contribution in [1.29, 1.82) is 0 Å². The highest BCUT2D eigenvalue weighted by molar-refractivity contribution is 5.98. The summed E-state index contributed by atoms with van der Waals surface area (Å²) in [6.45, 7) is 0.391. The Morgan fingerprint density at radius 1 is 0.808 bits per heavy atom. The van der Waals surface area contributed by atoms with E-state index in [1.54, 1.807) is 30.3 Å². The van der Waals surface area contributed by atoms with Crippen LogP contribution in [0.25, 0.3) is 10.8 Å². The van der Waals surface area contributed by atoms with Crippen LogP contribution in [0.1, 0.15) is 21.6 Å². The van der Waals surface area contributed by atoms with Crippen LogP contribution in [0.3, 0.4) is 0 Å². The number of hydrogen-bond acceptors (Lipinski definition) is 10. The number of benzene rings is 2. The predicted octanol–water partition coefficient (Wildman–Crippen LogP) is -0.181. The number of aromatic nitrogens is 2. The van der Waals surface area contributed by atoms with Crippen LogP contribution in [0.5, 0.6) is 0 Å². The molecule has 2 fully saturated rings. The molecule has 2 aromatic carbocycles. The number of hydrogen-bond donors (Lipinski definition) is 5. The van der Waals surface area contributed by atoms with Gasteiger partial charge in [-0.3, -0.25) is 33.6 Å². The zero-order chi connectivity index (χ0) is 37.5. The minimum Gasteiger partial charge on any atom is -0.481 e. The van der Waals surface area contributed by atoms with Crippen LogP contribution in [0.2, 0.25) is 0 Å². The zero-order valence-corrected chi connectivity index (χ0v) is 27.7. The van der Waals surface area contributed by atoms with Crippen LogP contribution in [-0.4, -0.2) is 130 Å². The third-order valence-electron chi connectivity index (χ3n) is 9.18. The van der Waals surface area contributed by atoms with Crippen LogP contribution in [0, 0.1) is 29.5 Å². The van der Waals surface area contributed by atoms with Crippen LogP contribution in [0.4, 0.5) is 4.39 Å². The molecule has 0 bridgehead atoms. The minimum absolute atomic E-state index is 0.0171. The molecular formula is C34H36FN5O12. The summed E-state index contributed by atoms with van der Waals surface area (Å²) in [4.78, 5) is 87.7. The van der Waals surface area contributed by atoms with Crippen molar-refractivity contribution in [2.75, 3.05) is 59.2 Å². The van der Waals surface area contributed by atoms with Crippen LogP contribution >= 0.6 is 0 Å². The summed E-state index contributed by atoms with van der Waals surface area (Å²) in [5.74, 6) is -13.8. The number of H-pyrrole nitrogens is 1. The van der Waals surface area contributed by atoms with E-state index in [4.69, 9.17) is 9.47 Å². The van der Waals surface area contributed by atoms with E-state index in [1.807, 2.05) is 0 Å². The highest BCUT2D eigenvalue weighted by Crippen LogP contribution is 2.47. The standard InChI is InChI=1S/C34H36FN5O12/c35-22-6-5-18(16-23-19-3-1-2-4-20(19)29(42)38-37-23)15-21(22)31(44)40-10-8-39(9-11-40)24(41)17-52-14-13-51-12-7-36-30(43)25-26(32(45)46)28(34(49)50)27(25)33(47)48/h1-6,15,25-28H,7-14,16-17H2,(H,36,43)(H,38,42)(H,45,46)(H,47,48)(H,49,50). The molecule has 1 aliphatic heterocycles. The quantitative estimate of drug-likeness (QED) is 0.128. The Bertz CT molecular complexity index is 1910. The second kappa shape index (κ2) is 16.5. The summed E-state index contributed by atoms with van der Waals surface area (Å²) in [5.41, 5.74) is 0.759. The first-order valence-corrected chi connectivity index (χ1v) is 16.3. The third-order valence-corrected chi connectivity index (χ3v) is 9.18. The Kier molecular flexibility index (Phi) is 11.9. The van der Waals surface area contributed by atoms with Crippen molar-refractivity contribution in [3.8, 4) is 0 Å². The van der Waals surface area contributed by atoms with Gasteiger partial charge in [0.25, 0.3) is 11.5 Å². The normalized spacial score (nSPS) is 19.9. The van der Waals surface area contributed by atoms with Crippen molar-refractivity contribution in [3.63, 3.8) is 0 Å². The summed E-state index contributed by atoms with van der Waals surface area (Å²) in [6.07, 6.45) is 0.253. The number of carbonyl (C=O) groups is 6. The number of nitrogens with zero attached hydrogens (tertiary/aromatic N) is 3. The van der Waals surface area contributed by atoms with Gasteiger partial charge in [0.2, 0.25) is 11.8 Å². The molecule has 17 nitrogen and oxygen atoms in total. The molecule has 276 valence electrons. The molecule has 2 atom stereocenters. The fourth-order valence-corrected chi connectivity index (χ4v) is 6.51. The van der Waals surface area contributed by atoms with Crippen LogP contribution in [-0.2, 0) is 39.9 Å². The second-order valence-corrected chi connectivity index (χ2v) is 12.3. The van der Waals surface area contributed by atoms with Crippen molar-refractivity contribution in [2.24, 2.45) is 23.7 Å². The topological polar surface area (TPSA) is 246 Å². The van der Waals surface area contributed by atoms with E-state index in [0.717, 1.165) is 0 Å². The summed E-state index contributed by atoms with van der Waals surface area (Å²) in [6, 6.07) is 11.2. The van der Waals surface area contributed by atoms with E-state index in [2.05, 4.69) is 15.5 Å². The largest absolute Gasteiger partial charge is 0.481 e. The number of ether oxygens (including phenoxy) is 2. The van der Waals surface area contributed by atoms with Gasteiger partial charge in [0.15, 0.2) is 0 Å². The molecule has 1 aliphatic carbocycles. The number of fused-ring (bicyclic) bond motifs is 1. The number of aliphatic carboxylic acids is 3. The van der Waals surface area contributed by atoms with Crippen LogP contribution in [0.15, 0.2) is 47.3 Å². The van der Waals surface area contributed by atoms with Gasteiger partial charge in [0.1, 0.15) is 12.4 Å². The third kappa shape index (κ3) is 8.24. The molecule has 0 spiro atoms. The maximum Gasteiger partial charge on any atom is 0.308 e. The minimum atomic E-state index is -1.72. The highest BCUT2D eigenvalue weighted by atomic mass is 19.1. The maximum absolute atomic E-state index is 14.8. The van der Waals surface area contributed by atoms with E-state index in [-0.39, 0.29) is 82.6 Å². The van der Waals surface area contributed by atoms with Gasteiger partial charge >= 0.3 is 17.9 Å². The molecule has 18 heteroatoms. The molecule has 2 aliphatic rings. The maximum atomic E-state index is 14.8. The molecule has 0 radical (unpaired) electrons. The molecule has 5 rings (SSSR count). The Balaban J connectivity index is 1.00. The molecule has 5 N–H and O–H groups in total. The Morgan fingerprint density at radius 3 is 2.06 bits per heavy atom. The molecular weight excluding hydrogens is 689 g/mol. The number of amides is 3. The first-order chi connectivity index (χ1) is 24.9. The molecule has 1 saturated carbocycles. The summed E-state index contributed by atoms with van der Waals surface area (Å²) >= 11 is 0. The molecule has 1 saturated heterocycles. The fourth-order valence-electron chi connectivity index (χ4n) is 6.51. The lowest BCUT2D eigenvalue weighted by Gasteiger charge is -2.43. The number of nitrogens with one attached hydrogen (secondary N) is 2. The SMILES string of the molecule is O=C(O)C1C(C(=O)O)C(C(=O)NCCOCCOCC(=O)N2CCN(C(=O)c3cc(Cc4n[nH]c(=O)c5ccccc45)ccc3F)CC2)C1C(=O)O. The average Bonchev–Trinajstić information content (AvgIpc) is 3.10. The second-order valence-electron chi connectivity index (χ2n) is 12.3. The first kappa shape index (κ1) is 37.5.